The Labute approximate surface area is 632 Å². The summed E-state index contributed by atoms with van der Waals surface area (Å²) in [7, 11) is -3.18. The highest BCUT2D eigenvalue weighted by molar-refractivity contribution is 6.59. The van der Waals surface area contributed by atoms with E-state index in [2.05, 4.69) is 145 Å². The summed E-state index contributed by atoms with van der Waals surface area (Å²) in [6, 6.07) is 48.8. The van der Waals surface area contributed by atoms with Crippen LogP contribution in [-0.2, 0) is 13.1 Å². The van der Waals surface area contributed by atoms with Crippen molar-refractivity contribution in [1.82, 2.24) is 19.9 Å². The zero-order chi connectivity index (χ0) is 73.3. The molecule has 0 saturated carbocycles. The zero-order valence-electron chi connectivity index (χ0n) is 63.5. The third-order valence-corrected chi connectivity index (χ3v) is 21.3. The van der Waals surface area contributed by atoms with Gasteiger partial charge in [-0.05, 0) is 119 Å². The summed E-state index contributed by atoms with van der Waals surface area (Å²) in [5.74, 6) is 1.69. The van der Waals surface area contributed by atoms with Crippen LogP contribution in [0.4, 0.5) is 0 Å². The number of ether oxygens (including phenoxy) is 2. The topological polar surface area (TPSA) is 164 Å². The van der Waals surface area contributed by atoms with E-state index >= 15 is 0 Å². The Balaban J connectivity index is 0.890. The van der Waals surface area contributed by atoms with Crippen LogP contribution in [-0.4, -0.2) is 67.5 Å². The molecule has 2 aliphatic rings. The molecule has 7 heterocycles. The predicted molar refractivity (Wildman–Crippen MR) is 442 cm³/mol. The fraction of sp³-hybridized carbons (Fsp3) is 0.413. The number of aromatic amines is 2. The van der Waals surface area contributed by atoms with E-state index < -0.39 is 14.2 Å². The average Bonchev–Trinajstić information content (AvgIpc) is 1.61. The molecule has 14 heteroatoms. The van der Waals surface area contributed by atoms with Gasteiger partial charge in [0.15, 0.2) is 37.9 Å². The maximum absolute atomic E-state index is 10.3. The lowest BCUT2D eigenvalue weighted by molar-refractivity contribution is -0.688. The molecular weight excluding hydrogens is 1310 g/mol. The van der Waals surface area contributed by atoms with Crippen LogP contribution >= 0.6 is 0 Å². The van der Waals surface area contributed by atoms with Crippen LogP contribution < -0.4 is 29.5 Å². The largest absolute Gasteiger partial charge is 0.494 e. The molecule has 106 heavy (non-hydrogen) atoms. The van der Waals surface area contributed by atoms with E-state index in [0.717, 1.165) is 125 Å². The number of H-pyrrole nitrogens is 2. The van der Waals surface area contributed by atoms with Crippen molar-refractivity contribution in [3.05, 3.63) is 204 Å². The number of aromatic nitrogens is 6. The summed E-state index contributed by atoms with van der Waals surface area (Å²) < 4.78 is 17.0. The van der Waals surface area contributed by atoms with E-state index in [1.165, 1.54) is 193 Å². The molecule has 0 spiro atoms. The quantitative estimate of drug-likeness (QED) is 0.0125. The molecule has 0 radical (unpaired) electrons. The molecule has 4 aromatic carbocycles. The highest BCUT2D eigenvalue weighted by Gasteiger charge is 2.24. The number of hydrogen-bond donors (Lipinski definition) is 6. The van der Waals surface area contributed by atoms with Gasteiger partial charge in [0.05, 0.1) is 36.0 Å². The molecule has 9 aromatic rings. The number of hydrogen-bond acceptors (Lipinski definition) is 8. The van der Waals surface area contributed by atoms with Crippen molar-refractivity contribution in [2.75, 3.05) is 13.2 Å². The molecule has 0 aliphatic carbocycles. The predicted octanol–water partition coefficient (Wildman–Crippen LogP) is 20.6. The Kier molecular flexibility index (Phi) is 31.5. The summed E-state index contributed by atoms with van der Waals surface area (Å²) in [5, 5.41) is 41.1. The van der Waals surface area contributed by atoms with Gasteiger partial charge >= 0.3 is 14.2 Å². The van der Waals surface area contributed by atoms with Gasteiger partial charge in [-0.15, -0.1) is 0 Å². The van der Waals surface area contributed by atoms with E-state index in [9.17, 15) is 20.1 Å². The van der Waals surface area contributed by atoms with Crippen LogP contribution in [0.3, 0.4) is 0 Å². The first-order valence-corrected chi connectivity index (χ1v) is 40.7. The van der Waals surface area contributed by atoms with Gasteiger partial charge in [-0.25, -0.2) is 19.1 Å². The second kappa shape index (κ2) is 42.6. The number of benzene rings is 4. The molecule has 0 atom stereocenters. The summed E-state index contributed by atoms with van der Waals surface area (Å²) in [6.07, 6.45) is 59.3. The van der Waals surface area contributed by atoms with Crippen LogP contribution in [0.1, 0.15) is 253 Å². The standard InChI is InChI=1S/C92H115B2N6O6/c1-3-5-7-9-11-13-15-17-19-21-23-25-27-29-31-37-67-105-77-47-43-71(44-48-77)89-81-51-52-82(95-81)90(72-45-49-78(50-46-72)106-68-38-32-30-28-26-24-22-20-18-16-14-12-10-8-6-4-2)84-54-56-86(97-84)92(74-61-65-100(66-62-74)70-76-40-34-36-42-80(76)94(103)104)88-58-57-87(98-88)91(85-55-53-83(89)96-85)73-59-63-99(64-60-73)69-75-39-33-35-41-79(75)93(101)102/h33-36,39-66,101-104H,3-32,37-38,67-70H2,1-2H3,(H,95,96,97,98)/q+1/p+1. The van der Waals surface area contributed by atoms with Crippen molar-refractivity contribution in [2.24, 2.45) is 0 Å². The minimum atomic E-state index is -1.59. The van der Waals surface area contributed by atoms with E-state index in [1.54, 1.807) is 12.1 Å². The van der Waals surface area contributed by atoms with Crippen LogP contribution in [0, 0.1) is 0 Å². The van der Waals surface area contributed by atoms with Gasteiger partial charge in [0.1, 0.15) is 11.5 Å². The Morgan fingerprint density at radius 1 is 0.302 bits per heavy atom. The van der Waals surface area contributed by atoms with Crippen molar-refractivity contribution in [3.63, 3.8) is 0 Å². The SMILES string of the molecule is CCCCCCCCCCCCCCCCCCOc1ccc(-c2c3nc(c(-c4ccc(OCCCCCCCCCCCCCCCCCC)cc4)c4ccc([nH]4)c(-c4cc[n+](Cc5ccccc5B(O)O)cc4)c4nc(c(-c5cc[n+](Cc6ccccc6B(O)O)cc5)c5ccc2[nH]5)C=C4)C=C3)cc1. The van der Waals surface area contributed by atoms with E-state index in [0.29, 0.717) is 37.2 Å². The smallest absolute Gasteiger partial charge is 0.488 e. The third-order valence-electron chi connectivity index (χ3n) is 21.3. The van der Waals surface area contributed by atoms with E-state index in [-0.39, 0.29) is 0 Å². The highest BCUT2D eigenvalue weighted by Crippen LogP contribution is 2.39. The molecule has 2 aliphatic heterocycles. The van der Waals surface area contributed by atoms with Crippen molar-refractivity contribution < 1.29 is 38.7 Å². The highest BCUT2D eigenvalue weighted by atomic mass is 16.5. The van der Waals surface area contributed by atoms with Crippen LogP contribution in [0.5, 0.6) is 11.5 Å². The molecule has 0 saturated heterocycles. The Hall–Kier alpha value is -8.65. The van der Waals surface area contributed by atoms with E-state index in [4.69, 9.17) is 19.4 Å². The van der Waals surface area contributed by atoms with Crippen LogP contribution in [0.2, 0.25) is 0 Å². The number of fused-ring (bicyclic) bond motifs is 8. The lowest BCUT2D eigenvalue weighted by atomic mass is 9.77. The molecular formula is C92H116B2N6O6+2. The van der Waals surface area contributed by atoms with Gasteiger partial charge in [0.2, 0.25) is 0 Å². The van der Waals surface area contributed by atoms with E-state index in [1.807, 2.05) is 70.3 Å². The fourth-order valence-corrected chi connectivity index (χ4v) is 15.2. The summed E-state index contributed by atoms with van der Waals surface area (Å²) in [5.41, 5.74) is 16.7. The van der Waals surface area contributed by atoms with Gasteiger partial charge in [0.25, 0.3) is 0 Å². The molecule has 6 N–H and O–H groups in total. The normalized spacial score (nSPS) is 11.8. The second-order valence-corrected chi connectivity index (χ2v) is 29.5. The molecule has 8 bridgehead atoms. The Morgan fingerprint density at radius 3 is 0.830 bits per heavy atom. The van der Waals surface area contributed by atoms with Gasteiger partial charge < -0.3 is 39.5 Å². The molecule has 0 amide bonds. The number of nitrogens with zero attached hydrogens (tertiary/aromatic N) is 4. The number of pyridine rings is 2. The lowest BCUT2D eigenvalue weighted by Gasteiger charge is -2.10. The first-order chi connectivity index (χ1) is 52.2. The van der Waals surface area contributed by atoms with Crippen molar-refractivity contribution in [3.8, 4) is 56.0 Å². The summed E-state index contributed by atoms with van der Waals surface area (Å²) in [6.45, 7) is 6.82. The fourth-order valence-electron chi connectivity index (χ4n) is 15.2. The van der Waals surface area contributed by atoms with Crippen LogP contribution in [0.25, 0.3) is 90.9 Å². The number of nitrogens with one attached hydrogen (secondary N) is 2. The van der Waals surface area contributed by atoms with Crippen molar-refractivity contribution >= 4 is 71.5 Å². The second-order valence-electron chi connectivity index (χ2n) is 29.5. The van der Waals surface area contributed by atoms with Crippen molar-refractivity contribution in [2.45, 2.75) is 232 Å². The summed E-state index contributed by atoms with van der Waals surface area (Å²) >= 11 is 0. The average molecular weight is 1420 g/mol. The number of rotatable bonds is 46. The summed E-state index contributed by atoms with van der Waals surface area (Å²) in [4.78, 5) is 19.1. The van der Waals surface area contributed by atoms with Gasteiger partial charge in [-0.3, -0.25) is 0 Å². The minimum Gasteiger partial charge on any atom is -0.494 e. The minimum absolute atomic E-state index is 0.438. The third kappa shape index (κ3) is 23.2. The van der Waals surface area contributed by atoms with Gasteiger partial charge in [-0.1, -0.05) is 279 Å². The molecule has 554 valence electrons. The molecule has 5 aromatic heterocycles. The maximum Gasteiger partial charge on any atom is 0.488 e. The van der Waals surface area contributed by atoms with Crippen LogP contribution in [0.15, 0.2) is 170 Å². The molecule has 0 fully saturated rings. The monoisotopic (exact) mass is 1420 g/mol. The van der Waals surface area contributed by atoms with Gasteiger partial charge in [-0.2, -0.15) is 0 Å². The molecule has 12 nitrogen and oxygen atoms in total. The number of unbranched alkanes of at least 4 members (excludes halogenated alkanes) is 30. The Morgan fingerprint density at radius 2 is 0.557 bits per heavy atom. The first kappa shape index (κ1) is 78.4. The maximum atomic E-state index is 10.3. The Bertz CT molecular complexity index is 4100. The molecule has 11 rings (SSSR count). The zero-order valence-corrected chi connectivity index (χ0v) is 63.5. The first-order valence-electron chi connectivity index (χ1n) is 40.7. The van der Waals surface area contributed by atoms with Crippen molar-refractivity contribution in [1.29, 1.82) is 0 Å². The van der Waals surface area contributed by atoms with Gasteiger partial charge in [0, 0.05) is 79.7 Å². The lowest BCUT2D eigenvalue weighted by Crippen LogP contribution is -2.40. The molecule has 0 unspecified atom stereocenters.